The van der Waals surface area contributed by atoms with Crippen LogP contribution in [0.4, 0.5) is 5.69 Å². The highest BCUT2D eigenvalue weighted by molar-refractivity contribution is 7.93. The molecule has 6 nitrogen and oxygen atoms in total. The van der Waals surface area contributed by atoms with E-state index in [1.807, 2.05) is 0 Å². The van der Waals surface area contributed by atoms with Crippen LogP contribution in [0.5, 0.6) is 0 Å². The van der Waals surface area contributed by atoms with Gasteiger partial charge in [0, 0.05) is 6.20 Å². The monoisotopic (exact) mass is 318 g/mol. The highest BCUT2D eigenvalue weighted by Gasteiger charge is 2.42. The van der Waals surface area contributed by atoms with Crippen LogP contribution in [0.15, 0.2) is 18.5 Å². The molecule has 0 saturated heterocycles. The molecule has 2 rings (SSSR count). The van der Waals surface area contributed by atoms with Gasteiger partial charge in [-0.25, -0.2) is 8.42 Å². The summed E-state index contributed by atoms with van der Waals surface area (Å²) >= 11 is 5.90. The Labute approximate surface area is 122 Å². The summed E-state index contributed by atoms with van der Waals surface area (Å²) in [5.74, 6) is -1.12. The topological polar surface area (TPSA) is 85.4 Å². The summed E-state index contributed by atoms with van der Waals surface area (Å²) in [6, 6.07) is 1.49. The van der Waals surface area contributed by atoms with Gasteiger partial charge in [0.2, 0.25) is 10.0 Å². The normalized spacial score (nSPS) is 22.5. The molecule has 1 aromatic heterocycles. The van der Waals surface area contributed by atoms with Gasteiger partial charge in [-0.3, -0.25) is 14.5 Å². The summed E-state index contributed by atoms with van der Waals surface area (Å²) in [4.78, 5) is 15.5. The maximum Gasteiger partial charge on any atom is 0.310 e. The second kappa shape index (κ2) is 5.97. The number of nitrogens with zero attached hydrogens (tertiary/aromatic N) is 1. The van der Waals surface area contributed by atoms with Crippen molar-refractivity contribution in [1.29, 1.82) is 0 Å². The van der Waals surface area contributed by atoms with Crippen molar-refractivity contribution in [1.82, 2.24) is 4.98 Å². The Morgan fingerprint density at radius 2 is 2.25 bits per heavy atom. The zero-order chi connectivity index (χ0) is 14.8. The molecule has 0 spiro atoms. The number of hydrogen-bond donors (Lipinski definition) is 1. The number of rotatable bonds is 4. The van der Waals surface area contributed by atoms with Crippen molar-refractivity contribution in [2.24, 2.45) is 5.92 Å². The van der Waals surface area contributed by atoms with E-state index >= 15 is 0 Å². The van der Waals surface area contributed by atoms with Gasteiger partial charge in [0.1, 0.15) is 0 Å². The van der Waals surface area contributed by atoms with Gasteiger partial charge < -0.3 is 4.74 Å². The molecular formula is C12H15ClN2O4S. The molecule has 0 radical (unpaired) electrons. The molecule has 110 valence electrons. The quantitative estimate of drug-likeness (QED) is 0.856. The zero-order valence-electron chi connectivity index (χ0n) is 10.9. The number of halogens is 1. The van der Waals surface area contributed by atoms with Crippen LogP contribution >= 0.6 is 11.6 Å². The van der Waals surface area contributed by atoms with Crippen molar-refractivity contribution >= 4 is 33.3 Å². The molecule has 0 aromatic carbocycles. The molecule has 2 unspecified atom stereocenters. The standard InChI is InChI=1S/C12H15ClN2O4S/c1-19-12(16)8-3-2-4-11(8)20(17,18)15-10-7-14-6-5-9(10)13/h5-8,11,15H,2-4H2,1H3. The number of methoxy groups -OCH3 is 1. The predicted octanol–water partition coefficient (Wildman–Crippen LogP) is 1.82. The van der Waals surface area contributed by atoms with Crippen LogP contribution in [0, 0.1) is 5.92 Å². The van der Waals surface area contributed by atoms with E-state index in [1.54, 1.807) is 0 Å². The van der Waals surface area contributed by atoms with E-state index in [-0.39, 0.29) is 10.7 Å². The molecule has 2 atom stereocenters. The lowest BCUT2D eigenvalue weighted by atomic mass is 10.1. The fourth-order valence-corrected chi connectivity index (χ4v) is 4.39. The minimum absolute atomic E-state index is 0.213. The summed E-state index contributed by atoms with van der Waals surface area (Å²) in [5, 5.41) is -0.539. The highest BCUT2D eigenvalue weighted by Crippen LogP contribution is 2.33. The number of anilines is 1. The van der Waals surface area contributed by atoms with E-state index in [1.165, 1.54) is 25.6 Å². The molecule has 8 heteroatoms. The second-order valence-electron chi connectivity index (χ2n) is 4.60. The van der Waals surface area contributed by atoms with Gasteiger partial charge in [0.25, 0.3) is 0 Å². The Morgan fingerprint density at radius 1 is 1.50 bits per heavy atom. The summed E-state index contributed by atoms with van der Waals surface area (Å²) in [6.45, 7) is 0. The first kappa shape index (κ1) is 15.1. The van der Waals surface area contributed by atoms with Crippen molar-refractivity contribution in [2.45, 2.75) is 24.5 Å². The average molecular weight is 319 g/mol. The number of ether oxygens (including phenoxy) is 1. The number of aromatic nitrogens is 1. The third-order valence-electron chi connectivity index (χ3n) is 3.38. The first-order valence-electron chi connectivity index (χ1n) is 6.14. The van der Waals surface area contributed by atoms with Gasteiger partial charge in [-0.2, -0.15) is 0 Å². The molecule has 1 heterocycles. The lowest BCUT2D eigenvalue weighted by molar-refractivity contribution is -0.145. The highest BCUT2D eigenvalue weighted by atomic mass is 35.5. The van der Waals surface area contributed by atoms with Crippen molar-refractivity contribution < 1.29 is 17.9 Å². The van der Waals surface area contributed by atoms with Crippen molar-refractivity contribution in [3.05, 3.63) is 23.5 Å². The maximum atomic E-state index is 12.4. The number of hydrogen-bond acceptors (Lipinski definition) is 5. The van der Waals surface area contributed by atoms with E-state index in [0.717, 1.165) is 0 Å². The number of nitrogens with one attached hydrogen (secondary N) is 1. The minimum Gasteiger partial charge on any atom is -0.469 e. The molecule has 1 aliphatic rings. The number of pyridine rings is 1. The van der Waals surface area contributed by atoms with E-state index in [4.69, 9.17) is 11.6 Å². The van der Waals surface area contributed by atoms with Crippen molar-refractivity contribution in [2.75, 3.05) is 11.8 Å². The lowest BCUT2D eigenvalue weighted by Crippen LogP contribution is -2.35. The number of carbonyl (C=O) groups excluding carboxylic acids is 1. The molecule has 1 aliphatic carbocycles. The van der Waals surface area contributed by atoms with Crippen molar-refractivity contribution in [3.8, 4) is 0 Å². The Bertz CT molecular complexity index is 605. The van der Waals surface area contributed by atoms with E-state index < -0.39 is 27.2 Å². The summed E-state index contributed by atoms with van der Waals surface area (Å²) in [6.07, 6.45) is 4.41. The first-order valence-corrected chi connectivity index (χ1v) is 8.07. The number of esters is 1. The third kappa shape index (κ3) is 3.04. The van der Waals surface area contributed by atoms with Crippen LogP contribution in [0.2, 0.25) is 5.02 Å². The predicted molar refractivity (Wildman–Crippen MR) is 74.9 cm³/mol. The number of sulfonamides is 1. The van der Waals surface area contributed by atoms with Crippen LogP contribution in [0.1, 0.15) is 19.3 Å². The largest absolute Gasteiger partial charge is 0.469 e. The molecule has 20 heavy (non-hydrogen) atoms. The maximum absolute atomic E-state index is 12.4. The zero-order valence-corrected chi connectivity index (χ0v) is 12.4. The molecular weight excluding hydrogens is 304 g/mol. The van der Waals surface area contributed by atoms with Gasteiger partial charge in [0.05, 0.1) is 35.2 Å². The van der Waals surface area contributed by atoms with Crippen LogP contribution in [0.3, 0.4) is 0 Å². The summed E-state index contributed by atoms with van der Waals surface area (Å²) < 4.78 is 31.8. The van der Waals surface area contributed by atoms with Crippen LogP contribution < -0.4 is 4.72 Å². The van der Waals surface area contributed by atoms with Crippen LogP contribution in [-0.2, 0) is 19.6 Å². The fraction of sp³-hybridized carbons (Fsp3) is 0.500. The van der Waals surface area contributed by atoms with Gasteiger partial charge in [-0.05, 0) is 18.9 Å². The van der Waals surface area contributed by atoms with Gasteiger partial charge in [-0.15, -0.1) is 0 Å². The van der Waals surface area contributed by atoms with Gasteiger partial charge >= 0.3 is 5.97 Å². The molecule has 0 aliphatic heterocycles. The second-order valence-corrected chi connectivity index (χ2v) is 6.91. The Balaban J connectivity index is 2.22. The van der Waals surface area contributed by atoms with E-state index in [2.05, 4.69) is 14.4 Å². The van der Waals surface area contributed by atoms with E-state index in [9.17, 15) is 13.2 Å². The lowest BCUT2D eigenvalue weighted by Gasteiger charge is -2.19. The number of carbonyl (C=O) groups is 1. The molecule has 1 aromatic rings. The molecule has 1 N–H and O–H groups in total. The minimum atomic E-state index is -3.72. The smallest absolute Gasteiger partial charge is 0.310 e. The summed E-state index contributed by atoms with van der Waals surface area (Å²) in [7, 11) is -2.46. The first-order chi connectivity index (χ1) is 9.45. The Kier molecular flexibility index (Phi) is 4.49. The molecule has 1 saturated carbocycles. The third-order valence-corrected chi connectivity index (χ3v) is 5.57. The Morgan fingerprint density at radius 3 is 2.90 bits per heavy atom. The summed E-state index contributed by atoms with van der Waals surface area (Å²) in [5.41, 5.74) is 0.213. The SMILES string of the molecule is COC(=O)C1CCCC1S(=O)(=O)Nc1cnccc1Cl. The molecule has 0 amide bonds. The van der Waals surface area contributed by atoms with E-state index in [0.29, 0.717) is 19.3 Å². The van der Waals surface area contributed by atoms with Crippen LogP contribution in [0.25, 0.3) is 0 Å². The fourth-order valence-electron chi connectivity index (χ4n) is 2.40. The van der Waals surface area contributed by atoms with Gasteiger partial charge in [-0.1, -0.05) is 18.0 Å². The molecule has 0 bridgehead atoms. The Hall–Kier alpha value is -1.34. The molecule has 1 fully saturated rings. The van der Waals surface area contributed by atoms with Crippen molar-refractivity contribution in [3.63, 3.8) is 0 Å². The van der Waals surface area contributed by atoms with Gasteiger partial charge in [0.15, 0.2) is 0 Å². The average Bonchev–Trinajstić information content (AvgIpc) is 2.90. The van der Waals surface area contributed by atoms with Crippen LogP contribution in [-0.4, -0.2) is 31.7 Å².